The van der Waals surface area contributed by atoms with Gasteiger partial charge in [-0.2, -0.15) is 5.26 Å². The molecule has 0 amide bonds. The zero-order valence-electron chi connectivity index (χ0n) is 19.2. The quantitative estimate of drug-likeness (QED) is 0.221. The van der Waals surface area contributed by atoms with Crippen LogP contribution in [0.1, 0.15) is 45.8 Å². The minimum Gasteiger partial charge on any atom is -0.489 e. The Morgan fingerprint density at radius 3 is 2.32 bits per heavy atom. The van der Waals surface area contributed by atoms with Crippen molar-refractivity contribution in [2.75, 3.05) is 24.2 Å². The highest BCUT2D eigenvalue weighted by Gasteiger charge is 2.10. The van der Waals surface area contributed by atoms with Gasteiger partial charge in [-0.3, -0.25) is 0 Å². The molecule has 6 nitrogen and oxygen atoms in total. The summed E-state index contributed by atoms with van der Waals surface area (Å²) < 4.78 is 5.96. The smallest absolute Gasteiger partial charge is 0.121 e. The lowest BCUT2D eigenvalue weighted by Gasteiger charge is -2.14. The molecule has 0 unspecified atom stereocenters. The second kappa shape index (κ2) is 16.8. The Kier molecular flexibility index (Phi) is 14.9. The topological polar surface area (TPSA) is 123 Å². The third-order valence-electron chi connectivity index (χ3n) is 4.46. The molecule has 3 aromatic carbocycles. The highest BCUT2D eigenvalue weighted by atomic mass is 16.5. The van der Waals surface area contributed by atoms with Crippen molar-refractivity contribution in [3.05, 3.63) is 89.5 Å². The number of hydrogen-bond donors (Lipinski definition) is 3. The predicted octanol–water partition coefficient (Wildman–Crippen LogP) is 5.79. The standard InChI is InChI=1S/C25H25N3O.C2H6O.CH4.H2O.H2/c1-2-14-28-25-16-23(29-18-20-6-4-3-5-7-20)12-13-24(25)21(17-26)15-19-8-10-22(27)11-9-19;1-2-3;;;/h3-13,15-16,28H,2,14,18,27H2,1H3;3H,2H2,1H3;1H4;1H2;1H/b21-15+;;;;. The summed E-state index contributed by atoms with van der Waals surface area (Å²) in [6, 6.07) is 25.7. The van der Waals surface area contributed by atoms with Crippen molar-refractivity contribution in [3.8, 4) is 11.8 Å². The van der Waals surface area contributed by atoms with Crippen molar-refractivity contribution in [1.82, 2.24) is 0 Å². The van der Waals surface area contributed by atoms with E-state index in [1.54, 1.807) is 6.92 Å². The molecule has 184 valence electrons. The van der Waals surface area contributed by atoms with Gasteiger partial charge in [0.25, 0.3) is 0 Å². The first kappa shape index (κ1) is 30.2. The number of allylic oxidation sites excluding steroid dienone is 1. The van der Waals surface area contributed by atoms with Gasteiger partial charge in [0.2, 0.25) is 0 Å². The highest BCUT2D eigenvalue weighted by Crippen LogP contribution is 2.30. The maximum Gasteiger partial charge on any atom is 0.121 e. The number of nitriles is 1. The van der Waals surface area contributed by atoms with E-state index in [9.17, 15) is 5.26 Å². The van der Waals surface area contributed by atoms with E-state index in [-0.39, 0.29) is 20.9 Å². The van der Waals surface area contributed by atoms with Crippen LogP contribution in [0.25, 0.3) is 11.6 Å². The largest absolute Gasteiger partial charge is 0.489 e. The van der Waals surface area contributed by atoms with Crippen molar-refractivity contribution in [2.45, 2.75) is 34.3 Å². The second-order valence-corrected chi connectivity index (χ2v) is 7.06. The normalized spacial score (nSPS) is 9.88. The third kappa shape index (κ3) is 9.78. The third-order valence-corrected chi connectivity index (χ3v) is 4.46. The molecule has 3 aromatic rings. The summed E-state index contributed by atoms with van der Waals surface area (Å²) in [6.07, 6.45) is 2.86. The van der Waals surface area contributed by atoms with Crippen molar-refractivity contribution >= 4 is 23.0 Å². The van der Waals surface area contributed by atoms with Gasteiger partial charge in [-0.25, -0.2) is 0 Å². The summed E-state index contributed by atoms with van der Waals surface area (Å²) in [4.78, 5) is 0. The number of nitrogens with one attached hydrogen (secondary N) is 1. The number of benzene rings is 3. The lowest BCUT2D eigenvalue weighted by Crippen LogP contribution is -2.04. The molecule has 6 heteroatoms. The van der Waals surface area contributed by atoms with Gasteiger partial charge >= 0.3 is 0 Å². The van der Waals surface area contributed by atoms with Crippen molar-refractivity contribution in [3.63, 3.8) is 0 Å². The highest BCUT2D eigenvalue weighted by molar-refractivity contribution is 5.94. The monoisotopic (exact) mass is 465 g/mol. The number of aliphatic hydroxyl groups is 1. The van der Waals surface area contributed by atoms with Crippen LogP contribution in [-0.2, 0) is 6.61 Å². The van der Waals surface area contributed by atoms with Gasteiger partial charge in [0.1, 0.15) is 12.4 Å². The lowest BCUT2D eigenvalue weighted by atomic mass is 10.0. The molecule has 0 fully saturated rings. The lowest BCUT2D eigenvalue weighted by molar-refractivity contribution is 0.306. The van der Waals surface area contributed by atoms with E-state index in [2.05, 4.69) is 18.3 Å². The maximum absolute atomic E-state index is 9.76. The minimum absolute atomic E-state index is 0. The summed E-state index contributed by atoms with van der Waals surface area (Å²) in [5, 5.41) is 20.8. The Morgan fingerprint density at radius 1 is 1.09 bits per heavy atom. The molecule has 0 aliphatic heterocycles. The van der Waals surface area contributed by atoms with Crippen LogP contribution >= 0.6 is 0 Å². The number of anilines is 2. The van der Waals surface area contributed by atoms with Crippen LogP contribution in [0.4, 0.5) is 11.4 Å². The van der Waals surface area contributed by atoms with E-state index in [4.69, 9.17) is 15.6 Å². The Balaban J connectivity index is 0. The number of aliphatic hydroxyl groups excluding tert-OH is 1. The van der Waals surface area contributed by atoms with Gasteiger partial charge in [0, 0.05) is 37.6 Å². The Morgan fingerprint density at radius 2 is 1.74 bits per heavy atom. The average molecular weight is 466 g/mol. The average Bonchev–Trinajstić information content (AvgIpc) is 2.82. The maximum atomic E-state index is 9.76. The van der Waals surface area contributed by atoms with Crippen LogP contribution in [0, 0.1) is 11.3 Å². The molecular formula is C28H39N3O3. The Labute approximate surface area is 205 Å². The first-order valence-corrected chi connectivity index (χ1v) is 10.7. The van der Waals surface area contributed by atoms with Gasteiger partial charge in [-0.15, -0.1) is 0 Å². The van der Waals surface area contributed by atoms with E-state index in [0.717, 1.165) is 41.1 Å². The molecule has 0 heterocycles. The molecule has 0 spiro atoms. The van der Waals surface area contributed by atoms with Gasteiger partial charge in [0.15, 0.2) is 0 Å². The molecule has 6 N–H and O–H groups in total. The summed E-state index contributed by atoms with van der Waals surface area (Å²) in [5.74, 6) is 0.765. The van der Waals surface area contributed by atoms with E-state index < -0.39 is 0 Å². The molecule has 3 rings (SSSR count). The Hall–Kier alpha value is -3.79. The number of nitrogen functional groups attached to an aromatic ring is 1. The van der Waals surface area contributed by atoms with Crippen molar-refractivity contribution in [2.24, 2.45) is 0 Å². The molecule has 0 bridgehead atoms. The molecule has 0 saturated heterocycles. The molecule has 34 heavy (non-hydrogen) atoms. The summed E-state index contributed by atoms with van der Waals surface area (Å²) in [6.45, 7) is 5.35. The van der Waals surface area contributed by atoms with E-state index in [1.165, 1.54) is 0 Å². The van der Waals surface area contributed by atoms with E-state index in [1.807, 2.05) is 78.9 Å². The van der Waals surface area contributed by atoms with Gasteiger partial charge < -0.3 is 26.4 Å². The molecule has 0 saturated carbocycles. The van der Waals surface area contributed by atoms with Crippen LogP contribution in [0.3, 0.4) is 0 Å². The summed E-state index contributed by atoms with van der Waals surface area (Å²) in [7, 11) is 0. The van der Waals surface area contributed by atoms with Gasteiger partial charge in [0.05, 0.1) is 11.6 Å². The molecule has 0 radical (unpaired) electrons. The fraction of sp³-hybridized carbons (Fsp3) is 0.250. The number of nitrogens with zero attached hydrogens (tertiary/aromatic N) is 1. The van der Waals surface area contributed by atoms with Gasteiger partial charge in [-0.1, -0.05) is 56.8 Å². The number of hydrogen-bond acceptors (Lipinski definition) is 5. The second-order valence-electron chi connectivity index (χ2n) is 7.06. The van der Waals surface area contributed by atoms with E-state index >= 15 is 0 Å². The summed E-state index contributed by atoms with van der Waals surface area (Å²) >= 11 is 0. The fourth-order valence-electron chi connectivity index (χ4n) is 2.92. The van der Waals surface area contributed by atoms with Crippen LogP contribution in [0.5, 0.6) is 5.75 Å². The molecular weight excluding hydrogens is 426 g/mol. The van der Waals surface area contributed by atoms with Gasteiger partial charge in [-0.05, 0) is 54.8 Å². The summed E-state index contributed by atoms with van der Waals surface area (Å²) in [5.41, 5.74) is 10.8. The molecule has 0 atom stereocenters. The fourth-order valence-corrected chi connectivity index (χ4v) is 2.92. The molecule has 0 aromatic heterocycles. The van der Waals surface area contributed by atoms with Crippen LogP contribution in [0.15, 0.2) is 72.8 Å². The van der Waals surface area contributed by atoms with Crippen molar-refractivity contribution in [1.29, 1.82) is 5.26 Å². The van der Waals surface area contributed by atoms with Crippen molar-refractivity contribution < 1.29 is 16.7 Å². The molecule has 0 aliphatic carbocycles. The van der Waals surface area contributed by atoms with E-state index in [0.29, 0.717) is 17.9 Å². The molecule has 0 aliphatic rings. The first-order chi connectivity index (χ1) is 15.6. The number of nitrogens with two attached hydrogens (primary N) is 1. The van der Waals surface area contributed by atoms with Crippen LogP contribution in [-0.4, -0.2) is 23.7 Å². The zero-order chi connectivity index (χ0) is 23.2. The predicted molar refractivity (Wildman–Crippen MR) is 146 cm³/mol. The van der Waals surface area contributed by atoms with Crippen LogP contribution in [0.2, 0.25) is 0 Å². The minimum atomic E-state index is 0. The Bertz CT molecular complexity index is 1030. The number of rotatable bonds is 8. The number of ether oxygens (including phenoxy) is 1. The SMILES string of the molecule is C.CCCNc1cc(OCc2ccccc2)ccc1/C(C#N)=C/c1ccc(N)cc1.CCO.O.[HH]. The zero-order valence-corrected chi connectivity index (χ0v) is 19.2. The first-order valence-electron chi connectivity index (χ1n) is 10.7. The van der Waals surface area contributed by atoms with Crippen LogP contribution < -0.4 is 15.8 Å².